The number of nitrogens with one attached hydrogen (secondary N) is 2. The van der Waals surface area contributed by atoms with Gasteiger partial charge in [0.15, 0.2) is 0 Å². The molecule has 3 rings (SSSR count). The fourth-order valence-electron chi connectivity index (χ4n) is 2.46. The smallest absolute Gasteiger partial charge is 0.259 e. The summed E-state index contributed by atoms with van der Waals surface area (Å²) in [5.41, 5.74) is 2.73. The predicted molar refractivity (Wildman–Crippen MR) is 94.5 cm³/mol. The second kappa shape index (κ2) is 6.64. The normalized spacial score (nSPS) is 10.5. The van der Waals surface area contributed by atoms with E-state index < -0.39 is 0 Å². The standard InChI is InChI=1S/C18H17N5O2/c1-10-7-16(24)23-17(20-10)13-5-4-6-14(8-13)22-18(25)15-9-19-12(3)21-11(15)2/h4-9H,1-3H3,(H,22,25)(H,20,23,24). The summed E-state index contributed by atoms with van der Waals surface area (Å²) in [6, 6.07) is 8.54. The van der Waals surface area contributed by atoms with Gasteiger partial charge in [0.1, 0.15) is 11.6 Å². The van der Waals surface area contributed by atoms with Crippen molar-refractivity contribution in [1.82, 2.24) is 19.9 Å². The van der Waals surface area contributed by atoms with Crippen LogP contribution in [0.1, 0.15) is 27.6 Å². The van der Waals surface area contributed by atoms with Crippen molar-refractivity contribution in [2.45, 2.75) is 20.8 Å². The Labute approximate surface area is 144 Å². The third-order valence-corrected chi connectivity index (χ3v) is 3.61. The van der Waals surface area contributed by atoms with Crippen molar-refractivity contribution in [2.24, 2.45) is 0 Å². The van der Waals surface area contributed by atoms with Crippen molar-refractivity contribution in [3.8, 4) is 11.4 Å². The number of benzene rings is 1. The number of anilines is 1. The molecule has 1 amide bonds. The predicted octanol–water partition coefficient (Wildman–Crippen LogP) is 2.40. The van der Waals surface area contributed by atoms with Gasteiger partial charge < -0.3 is 10.3 Å². The summed E-state index contributed by atoms with van der Waals surface area (Å²) in [6.07, 6.45) is 1.51. The van der Waals surface area contributed by atoms with Gasteiger partial charge in [0.25, 0.3) is 11.5 Å². The van der Waals surface area contributed by atoms with Crippen LogP contribution >= 0.6 is 0 Å². The molecular formula is C18H17N5O2. The van der Waals surface area contributed by atoms with Gasteiger partial charge in [-0.2, -0.15) is 0 Å². The Balaban J connectivity index is 1.89. The monoisotopic (exact) mass is 335 g/mol. The van der Waals surface area contributed by atoms with E-state index in [9.17, 15) is 9.59 Å². The average Bonchev–Trinajstić information content (AvgIpc) is 2.54. The average molecular weight is 335 g/mol. The first kappa shape index (κ1) is 16.5. The van der Waals surface area contributed by atoms with Gasteiger partial charge in [0.05, 0.1) is 11.3 Å². The van der Waals surface area contributed by atoms with Crippen LogP contribution in [0.4, 0.5) is 5.69 Å². The number of amides is 1. The van der Waals surface area contributed by atoms with E-state index in [0.717, 1.165) is 0 Å². The van der Waals surface area contributed by atoms with E-state index in [1.807, 2.05) is 6.07 Å². The molecule has 0 aliphatic carbocycles. The highest BCUT2D eigenvalue weighted by Crippen LogP contribution is 2.19. The van der Waals surface area contributed by atoms with Gasteiger partial charge in [0.2, 0.25) is 0 Å². The number of carbonyl (C=O) groups is 1. The molecule has 7 nitrogen and oxygen atoms in total. The summed E-state index contributed by atoms with van der Waals surface area (Å²) >= 11 is 0. The topological polar surface area (TPSA) is 101 Å². The SMILES string of the molecule is Cc1cc(=O)[nH]c(-c2cccc(NC(=O)c3cnc(C)nc3C)c2)n1. The maximum absolute atomic E-state index is 12.4. The fourth-order valence-corrected chi connectivity index (χ4v) is 2.46. The van der Waals surface area contributed by atoms with Crippen LogP contribution in [-0.4, -0.2) is 25.8 Å². The van der Waals surface area contributed by atoms with Crippen LogP contribution in [0.2, 0.25) is 0 Å². The number of rotatable bonds is 3. The molecule has 25 heavy (non-hydrogen) atoms. The van der Waals surface area contributed by atoms with E-state index in [1.54, 1.807) is 39.0 Å². The molecule has 7 heteroatoms. The molecule has 0 unspecified atom stereocenters. The Hall–Kier alpha value is -3.35. The Morgan fingerprint density at radius 2 is 1.92 bits per heavy atom. The van der Waals surface area contributed by atoms with E-state index in [0.29, 0.717) is 39.9 Å². The van der Waals surface area contributed by atoms with Crippen molar-refractivity contribution < 1.29 is 4.79 Å². The second-order valence-corrected chi connectivity index (χ2v) is 5.69. The quantitative estimate of drug-likeness (QED) is 0.765. The van der Waals surface area contributed by atoms with Crippen molar-refractivity contribution in [2.75, 3.05) is 5.32 Å². The van der Waals surface area contributed by atoms with E-state index in [4.69, 9.17) is 0 Å². The molecule has 1 aromatic carbocycles. The first-order valence-electron chi connectivity index (χ1n) is 7.72. The molecule has 0 spiro atoms. The minimum Gasteiger partial charge on any atom is -0.322 e. The van der Waals surface area contributed by atoms with Gasteiger partial charge in [-0.1, -0.05) is 12.1 Å². The third kappa shape index (κ3) is 3.77. The van der Waals surface area contributed by atoms with Crippen LogP contribution in [0.5, 0.6) is 0 Å². The zero-order valence-electron chi connectivity index (χ0n) is 14.1. The van der Waals surface area contributed by atoms with Gasteiger partial charge in [-0.05, 0) is 32.9 Å². The zero-order valence-corrected chi connectivity index (χ0v) is 14.1. The summed E-state index contributed by atoms with van der Waals surface area (Å²) < 4.78 is 0. The molecule has 3 aromatic rings. The highest BCUT2D eigenvalue weighted by Gasteiger charge is 2.12. The largest absolute Gasteiger partial charge is 0.322 e. The van der Waals surface area contributed by atoms with Crippen LogP contribution in [0.25, 0.3) is 11.4 Å². The number of nitrogens with zero attached hydrogens (tertiary/aromatic N) is 3. The van der Waals surface area contributed by atoms with Gasteiger partial charge in [-0.25, -0.2) is 15.0 Å². The lowest BCUT2D eigenvalue weighted by molar-refractivity contribution is 0.102. The van der Waals surface area contributed by atoms with Crippen LogP contribution in [0.15, 0.2) is 41.3 Å². The molecular weight excluding hydrogens is 318 g/mol. The van der Waals surface area contributed by atoms with Crippen LogP contribution in [0, 0.1) is 20.8 Å². The van der Waals surface area contributed by atoms with Gasteiger partial charge >= 0.3 is 0 Å². The Kier molecular flexibility index (Phi) is 4.38. The summed E-state index contributed by atoms with van der Waals surface area (Å²) in [6.45, 7) is 5.29. The molecule has 0 saturated heterocycles. The summed E-state index contributed by atoms with van der Waals surface area (Å²) in [5, 5.41) is 2.82. The molecule has 0 bridgehead atoms. The number of hydrogen-bond donors (Lipinski definition) is 2. The minimum atomic E-state index is -0.291. The van der Waals surface area contributed by atoms with Crippen LogP contribution in [0.3, 0.4) is 0 Å². The lowest BCUT2D eigenvalue weighted by atomic mass is 10.1. The van der Waals surface area contributed by atoms with Crippen LogP contribution < -0.4 is 10.9 Å². The zero-order chi connectivity index (χ0) is 18.0. The number of hydrogen-bond acceptors (Lipinski definition) is 5. The Bertz CT molecular complexity index is 1010. The first-order valence-corrected chi connectivity index (χ1v) is 7.72. The molecule has 0 atom stereocenters. The van der Waals surface area contributed by atoms with Gasteiger partial charge in [-0.15, -0.1) is 0 Å². The van der Waals surface area contributed by atoms with Crippen molar-refractivity contribution >= 4 is 11.6 Å². The molecule has 0 fully saturated rings. The lowest BCUT2D eigenvalue weighted by Gasteiger charge is -2.09. The second-order valence-electron chi connectivity index (χ2n) is 5.69. The van der Waals surface area contributed by atoms with Crippen molar-refractivity contribution in [3.05, 3.63) is 69.7 Å². The third-order valence-electron chi connectivity index (χ3n) is 3.61. The fraction of sp³-hybridized carbons (Fsp3) is 0.167. The number of aromatic amines is 1. The van der Waals surface area contributed by atoms with Gasteiger partial charge in [-0.3, -0.25) is 9.59 Å². The number of carbonyl (C=O) groups excluding carboxylic acids is 1. The Morgan fingerprint density at radius 3 is 2.64 bits per heavy atom. The summed E-state index contributed by atoms with van der Waals surface area (Å²) in [4.78, 5) is 39.3. The maximum Gasteiger partial charge on any atom is 0.259 e. The Morgan fingerprint density at radius 1 is 1.12 bits per heavy atom. The number of aromatic nitrogens is 4. The summed E-state index contributed by atoms with van der Waals surface area (Å²) in [7, 11) is 0. The van der Waals surface area contributed by atoms with E-state index in [1.165, 1.54) is 12.3 Å². The molecule has 0 radical (unpaired) electrons. The minimum absolute atomic E-state index is 0.218. The molecule has 2 aromatic heterocycles. The van der Waals surface area contributed by atoms with Gasteiger partial charge in [0, 0.05) is 29.2 Å². The molecule has 2 heterocycles. The number of H-pyrrole nitrogens is 1. The molecule has 0 saturated carbocycles. The molecule has 2 N–H and O–H groups in total. The van der Waals surface area contributed by atoms with Crippen LogP contribution in [-0.2, 0) is 0 Å². The molecule has 0 aliphatic rings. The van der Waals surface area contributed by atoms with E-state index in [-0.39, 0.29) is 11.5 Å². The van der Waals surface area contributed by atoms with Crippen molar-refractivity contribution in [1.29, 1.82) is 0 Å². The molecule has 126 valence electrons. The highest BCUT2D eigenvalue weighted by molar-refractivity contribution is 6.05. The number of aryl methyl sites for hydroxylation is 3. The first-order chi connectivity index (χ1) is 11.9. The summed E-state index contributed by atoms with van der Waals surface area (Å²) in [5.74, 6) is 0.779. The molecule has 0 aliphatic heterocycles. The maximum atomic E-state index is 12.4. The lowest BCUT2D eigenvalue weighted by Crippen LogP contribution is -2.15. The van der Waals surface area contributed by atoms with E-state index >= 15 is 0 Å². The van der Waals surface area contributed by atoms with E-state index in [2.05, 4.69) is 25.3 Å². The highest BCUT2D eigenvalue weighted by atomic mass is 16.1. The van der Waals surface area contributed by atoms with Crippen molar-refractivity contribution in [3.63, 3.8) is 0 Å².